The number of nitrogens with zero attached hydrogens (tertiary/aromatic N) is 3. The van der Waals surface area contributed by atoms with Crippen LogP contribution >= 0.6 is 0 Å². The number of hydrogen-bond acceptors (Lipinski definition) is 6. The molecule has 0 fully saturated rings. The Morgan fingerprint density at radius 1 is 0.943 bits per heavy atom. The lowest BCUT2D eigenvalue weighted by molar-refractivity contribution is 0.0994. The SMILES string of the molecule is NC(=O)c1nn(-c2ccc(S(N)(=O)=O)cc2)c2c1ccc1ccc(NC(=O)c3cccnc3)cc12. The molecular weight excluding hydrogens is 468 g/mol. The Morgan fingerprint density at radius 2 is 1.69 bits per heavy atom. The van der Waals surface area contributed by atoms with Crippen LogP contribution in [0.15, 0.2) is 84.0 Å². The van der Waals surface area contributed by atoms with Gasteiger partial charge < -0.3 is 11.1 Å². The number of anilines is 1. The van der Waals surface area contributed by atoms with Crippen molar-refractivity contribution in [3.8, 4) is 5.69 Å². The molecule has 10 nitrogen and oxygen atoms in total. The van der Waals surface area contributed by atoms with E-state index in [0.717, 1.165) is 5.39 Å². The molecule has 5 aromatic rings. The molecule has 0 spiro atoms. The number of pyridine rings is 1. The highest BCUT2D eigenvalue weighted by molar-refractivity contribution is 7.89. The fraction of sp³-hybridized carbons (Fsp3) is 0. The number of rotatable bonds is 5. The minimum atomic E-state index is -3.88. The first-order valence-corrected chi connectivity index (χ1v) is 11.9. The summed E-state index contributed by atoms with van der Waals surface area (Å²) >= 11 is 0. The lowest BCUT2D eigenvalue weighted by Crippen LogP contribution is -2.13. The van der Waals surface area contributed by atoms with Crippen LogP contribution < -0.4 is 16.2 Å². The van der Waals surface area contributed by atoms with Crippen LogP contribution in [-0.4, -0.2) is 35.0 Å². The number of nitrogens with one attached hydrogen (secondary N) is 1. The molecule has 0 aliphatic heterocycles. The van der Waals surface area contributed by atoms with Gasteiger partial charge in [0, 0.05) is 28.9 Å². The predicted molar refractivity (Wildman–Crippen MR) is 131 cm³/mol. The number of benzene rings is 3. The van der Waals surface area contributed by atoms with Crippen LogP contribution in [0.25, 0.3) is 27.4 Å². The Labute approximate surface area is 199 Å². The summed E-state index contributed by atoms with van der Waals surface area (Å²) < 4.78 is 24.8. The second kappa shape index (κ2) is 8.31. The number of carbonyl (C=O) groups excluding carboxylic acids is 2. The Hall–Kier alpha value is -4.61. The van der Waals surface area contributed by atoms with Crippen molar-refractivity contribution in [1.82, 2.24) is 14.8 Å². The van der Waals surface area contributed by atoms with Crippen molar-refractivity contribution in [3.63, 3.8) is 0 Å². The standard InChI is InChI=1S/C24H18N6O4S/c25-23(31)21-19-10-4-14-3-5-16(28-24(32)15-2-1-11-27-13-15)12-20(14)22(19)30(29-21)17-6-8-18(9-7-17)35(26,33)34/h1-13H,(H2,25,31)(H,28,32)(H2,26,33,34). The van der Waals surface area contributed by atoms with Crippen molar-refractivity contribution in [2.45, 2.75) is 4.90 Å². The van der Waals surface area contributed by atoms with Crippen molar-refractivity contribution in [2.24, 2.45) is 10.9 Å². The molecule has 0 bridgehead atoms. The number of amides is 2. The minimum absolute atomic E-state index is 0.0573. The van der Waals surface area contributed by atoms with Gasteiger partial charge in [0.25, 0.3) is 11.8 Å². The molecule has 0 atom stereocenters. The smallest absolute Gasteiger partial charge is 0.269 e. The summed E-state index contributed by atoms with van der Waals surface area (Å²) in [5, 5.41) is 14.5. The molecule has 2 amide bonds. The van der Waals surface area contributed by atoms with E-state index >= 15 is 0 Å². The van der Waals surface area contributed by atoms with Crippen LogP contribution in [0.3, 0.4) is 0 Å². The fourth-order valence-corrected chi connectivity index (χ4v) is 4.37. The van der Waals surface area contributed by atoms with Gasteiger partial charge in [-0.3, -0.25) is 14.6 Å². The topological polar surface area (TPSA) is 163 Å². The number of primary amides is 1. The van der Waals surface area contributed by atoms with Gasteiger partial charge in [-0.2, -0.15) is 5.10 Å². The zero-order valence-corrected chi connectivity index (χ0v) is 18.9. The maximum absolute atomic E-state index is 12.6. The van der Waals surface area contributed by atoms with Crippen molar-refractivity contribution >= 4 is 49.2 Å². The molecule has 35 heavy (non-hydrogen) atoms. The molecule has 3 aromatic carbocycles. The normalized spacial score (nSPS) is 11.6. The average molecular weight is 487 g/mol. The number of fused-ring (bicyclic) bond motifs is 3. The summed E-state index contributed by atoms with van der Waals surface area (Å²) in [6.45, 7) is 0. The summed E-state index contributed by atoms with van der Waals surface area (Å²) in [6.07, 6.45) is 3.05. The number of primary sulfonamides is 1. The number of sulfonamides is 1. The van der Waals surface area contributed by atoms with Gasteiger partial charge in [-0.1, -0.05) is 12.1 Å². The molecule has 2 heterocycles. The lowest BCUT2D eigenvalue weighted by atomic mass is 10.0. The Morgan fingerprint density at radius 3 is 2.34 bits per heavy atom. The van der Waals surface area contributed by atoms with Gasteiger partial charge in [0.15, 0.2) is 5.69 Å². The van der Waals surface area contributed by atoms with E-state index in [1.54, 1.807) is 36.5 Å². The molecule has 0 saturated heterocycles. The maximum Gasteiger partial charge on any atom is 0.269 e. The van der Waals surface area contributed by atoms with Crippen LogP contribution in [0, 0.1) is 0 Å². The van der Waals surface area contributed by atoms with Gasteiger partial charge in [-0.15, -0.1) is 0 Å². The largest absolute Gasteiger partial charge is 0.364 e. The van der Waals surface area contributed by atoms with Gasteiger partial charge >= 0.3 is 0 Å². The lowest BCUT2D eigenvalue weighted by Gasteiger charge is -2.10. The zero-order chi connectivity index (χ0) is 24.7. The Kier molecular flexibility index (Phi) is 5.27. The first-order chi connectivity index (χ1) is 16.7. The fourth-order valence-electron chi connectivity index (χ4n) is 3.85. The monoisotopic (exact) mass is 486 g/mol. The highest BCUT2D eigenvalue weighted by Crippen LogP contribution is 2.32. The second-order valence-corrected chi connectivity index (χ2v) is 9.32. The van der Waals surface area contributed by atoms with E-state index in [2.05, 4.69) is 15.4 Å². The maximum atomic E-state index is 12.6. The summed E-state index contributed by atoms with van der Waals surface area (Å²) in [6, 6.07) is 18.0. The van der Waals surface area contributed by atoms with Crippen LogP contribution in [-0.2, 0) is 10.0 Å². The molecule has 11 heteroatoms. The first kappa shape index (κ1) is 22.2. The quantitative estimate of drug-likeness (QED) is 0.346. The van der Waals surface area contributed by atoms with E-state index in [-0.39, 0.29) is 16.5 Å². The first-order valence-electron chi connectivity index (χ1n) is 10.3. The highest BCUT2D eigenvalue weighted by Gasteiger charge is 2.19. The number of hydrogen-bond donors (Lipinski definition) is 3. The van der Waals surface area contributed by atoms with Crippen molar-refractivity contribution in [2.75, 3.05) is 5.32 Å². The molecule has 0 saturated carbocycles. The number of nitrogens with two attached hydrogens (primary N) is 2. The van der Waals surface area contributed by atoms with E-state index in [0.29, 0.717) is 33.2 Å². The van der Waals surface area contributed by atoms with E-state index < -0.39 is 15.9 Å². The molecule has 5 N–H and O–H groups in total. The van der Waals surface area contributed by atoms with Gasteiger partial charge in [0.1, 0.15) is 0 Å². The second-order valence-electron chi connectivity index (χ2n) is 7.76. The molecule has 0 radical (unpaired) electrons. The van der Waals surface area contributed by atoms with Gasteiger partial charge in [0.05, 0.1) is 21.7 Å². The Balaban J connectivity index is 1.69. The third-order valence-electron chi connectivity index (χ3n) is 5.48. The molecule has 0 aliphatic rings. The molecule has 5 rings (SSSR count). The van der Waals surface area contributed by atoms with Crippen molar-refractivity contribution in [3.05, 3.63) is 90.4 Å². The minimum Gasteiger partial charge on any atom is -0.364 e. The summed E-state index contributed by atoms with van der Waals surface area (Å²) in [5.41, 5.74) is 7.63. The number of carbonyl (C=O) groups is 2. The third-order valence-corrected chi connectivity index (χ3v) is 6.41. The number of aromatic nitrogens is 3. The highest BCUT2D eigenvalue weighted by atomic mass is 32.2. The van der Waals surface area contributed by atoms with Crippen LogP contribution in [0.4, 0.5) is 5.69 Å². The summed E-state index contributed by atoms with van der Waals surface area (Å²) in [5.74, 6) is -1.04. The van der Waals surface area contributed by atoms with E-state index in [1.807, 2.05) is 12.1 Å². The van der Waals surface area contributed by atoms with Crippen LogP contribution in [0.5, 0.6) is 0 Å². The third kappa shape index (κ3) is 4.09. The Bertz CT molecular complexity index is 1730. The van der Waals surface area contributed by atoms with Gasteiger partial charge in [0.2, 0.25) is 10.0 Å². The van der Waals surface area contributed by atoms with Crippen LogP contribution in [0.2, 0.25) is 0 Å². The van der Waals surface area contributed by atoms with E-state index in [1.165, 1.54) is 35.1 Å². The summed E-state index contributed by atoms with van der Waals surface area (Å²) in [7, 11) is -3.88. The van der Waals surface area contributed by atoms with Crippen molar-refractivity contribution < 1.29 is 18.0 Å². The zero-order valence-electron chi connectivity index (χ0n) is 18.0. The molecule has 2 aromatic heterocycles. The van der Waals surface area contributed by atoms with Gasteiger partial charge in [-0.05, 0) is 60.0 Å². The van der Waals surface area contributed by atoms with E-state index in [9.17, 15) is 18.0 Å². The molecule has 174 valence electrons. The molecule has 0 aliphatic carbocycles. The van der Waals surface area contributed by atoms with Gasteiger partial charge in [-0.25, -0.2) is 18.2 Å². The van der Waals surface area contributed by atoms with Crippen LogP contribution in [0.1, 0.15) is 20.8 Å². The average Bonchev–Trinajstić information content (AvgIpc) is 3.25. The predicted octanol–water partition coefficient (Wildman–Crippen LogP) is 2.57. The van der Waals surface area contributed by atoms with E-state index in [4.69, 9.17) is 10.9 Å². The molecule has 0 unspecified atom stereocenters. The van der Waals surface area contributed by atoms with Crippen molar-refractivity contribution in [1.29, 1.82) is 0 Å². The molecular formula is C24H18N6O4S. The summed E-state index contributed by atoms with van der Waals surface area (Å²) in [4.78, 5) is 28.7.